The number of anilines is 1. The van der Waals surface area contributed by atoms with Crippen LogP contribution in [0.1, 0.15) is 15.9 Å². The Balaban J connectivity index is 1.52. The van der Waals surface area contributed by atoms with Crippen LogP contribution in [0.15, 0.2) is 60.7 Å². The van der Waals surface area contributed by atoms with Gasteiger partial charge in [-0.05, 0) is 42.0 Å². The van der Waals surface area contributed by atoms with Gasteiger partial charge in [-0.25, -0.2) is 0 Å². The zero-order chi connectivity index (χ0) is 24.8. The van der Waals surface area contributed by atoms with Gasteiger partial charge in [-0.3, -0.25) is 19.8 Å². The number of hydrogen-bond acceptors (Lipinski definition) is 7. The first-order chi connectivity index (χ1) is 16.9. The number of halogens is 1. The van der Waals surface area contributed by atoms with Crippen molar-refractivity contribution in [3.8, 4) is 17.2 Å². The van der Waals surface area contributed by atoms with Gasteiger partial charge in [-0.15, -0.1) is 0 Å². The van der Waals surface area contributed by atoms with Crippen molar-refractivity contribution in [1.82, 2.24) is 4.90 Å². The van der Waals surface area contributed by atoms with E-state index in [4.69, 9.17) is 25.8 Å². The number of nitrogens with one attached hydrogen (secondary N) is 1. The predicted octanol–water partition coefficient (Wildman–Crippen LogP) is 5.13. The molecular formula is C25H24ClN3O6. The number of morpholine rings is 1. The number of nitro groups is 1. The minimum atomic E-state index is -0.579. The Bertz CT molecular complexity index is 1230. The third kappa shape index (κ3) is 6.07. The molecule has 0 radical (unpaired) electrons. The van der Waals surface area contributed by atoms with Gasteiger partial charge in [0.1, 0.15) is 0 Å². The van der Waals surface area contributed by atoms with Crippen molar-refractivity contribution in [3.05, 3.63) is 86.9 Å². The summed E-state index contributed by atoms with van der Waals surface area (Å²) in [6.45, 7) is 3.78. The Morgan fingerprint density at radius 1 is 1.09 bits per heavy atom. The smallest absolute Gasteiger partial charge is 0.313 e. The number of rotatable bonds is 8. The molecule has 1 aliphatic heterocycles. The number of ether oxygens (including phenoxy) is 3. The van der Waals surface area contributed by atoms with Crippen LogP contribution in [0.4, 0.5) is 11.4 Å². The summed E-state index contributed by atoms with van der Waals surface area (Å²) in [5.74, 6) is 0.166. The van der Waals surface area contributed by atoms with Crippen LogP contribution in [-0.4, -0.2) is 49.1 Å². The number of nitrogens with zero attached hydrogens (tertiary/aromatic N) is 2. The molecule has 3 aromatic carbocycles. The minimum Gasteiger partial charge on any atom is -0.493 e. The maximum Gasteiger partial charge on any atom is 0.313 e. The number of methoxy groups -OCH3 is 1. The zero-order valence-electron chi connectivity index (χ0n) is 19.0. The molecule has 0 aliphatic carbocycles. The molecule has 0 spiro atoms. The third-order valence-electron chi connectivity index (χ3n) is 5.53. The second-order valence-electron chi connectivity index (χ2n) is 7.84. The van der Waals surface area contributed by atoms with Gasteiger partial charge in [0, 0.05) is 42.0 Å². The SMILES string of the molecule is COc1cc(C(=O)Nc2ccccc2CN2CCOCC2)ccc1Oc1ccc(Cl)cc1[N+](=O)[O-]. The van der Waals surface area contributed by atoms with Crippen LogP contribution in [0.2, 0.25) is 5.02 Å². The number of nitro benzene ring substituents is 1. The molecule has 0 bridgehead atoms. The lowest BCUT2D eigenvalue weighted by Gasteiger charge is -2.27. The van der Waals surface area contributed by atoms with Crippen LogP contribution in [0.5, 0.6) is 17.2 Å². The highest BCUT2D eigenvalue weighted by atomic mass is 35.5. The molecule has 4 rings (SSSR count). The van der Waals surface area contributed by atoms with Crippen LogP contribution in [0.3, 0.4) is 0 Å². The molecule has 1 aliphatic rings. The molecule has 1 saturated heterocycles. The first-order valence-corrected chi connectivity index (χ1v) is 11.3. The molecule has 35 heavy (non-hydrogen) atoms. The fourth-order valence-corrected chi connectivity index (χ4v) is 3.87. The highest BCUT2D eigenvalue weighted by Gasteiger charge is 2.20. The maximum absolute atomic E-state index is 13.0. The summed E-state index contributed by atoms with van der Waals surface area (Å²) in [4.78, 5) is 26.1. The summed E-state index contributed by atoms with van der Waals surface area (Å²) in [6.07, 6.45) is 0. The Morgan fingerprint density at radius 3 is 2.57 bits per heavy atom. The Morgan fingerprint density at radius 2 is 1.83 bits per heavy atom. The van der Waals surface area contributed by atoms with E-state index in [2.05, 4.69) is 10.2 Å². The molecule has 0 saturated carbocycles. The average Bonchev–Trinajstić information content (AvgIpc) is 2.87. The quantitative estimate of drug-likeness (QED) is 0.339. The largest absolute Gasteiger partial charge is 0.493 e. The lowest BCUT2D eigenvalue weighted by molar-refractivity contribution is -0.385. The molecule has 0 atom stereocenters. The number of hydrogen-bond donors (Lipinski definition) is 1. The topological polar surface area (TPSA) is 103 Å². The first kappa shape index (κ1) is 24.5. The monoisotopic (exact) mass is 497 g/mol. The van der Waals surface area contributed by atoms with Crippen LogP contribution in [-0.2, 0) is 11.3 Å². The fourth-order valence-electron chi connectivity index (χ4n) is 3.71. The standard InChI is InChI=1S/C25H24ClN3O6/c1-33-24-14-17(6-8-23(24)35-22-9-7-19(26)15-21(22)29(31)32)25(30)27-20-5-3-2-4-18(20)16-28-10-12-34-13-11-28/h2-9,14-15H,10-13,16H2,1H3,(H,27,30). The zero-order valence-corrected chi connectivity index (χ0v) is 19.8. The normalized spacial score (nSPS) is 13.8. The lowest BCUT2D eigenvalue weighted by Crippen LogP contribution is -2.35. The van der Waals surface area contributed by atoms with Gasteiger partial charge in [0.25, 0.3) is 5.91 Å². The highest BCUT2D eigenvalue weighted by Crippen LogP contribution is 2.38. The fraction of sp³-hybridized carbons (Fsp3) is 0.240. The third-order valence-corrected chi connectivity index (χ3v) is 5.76. The van der Waals surface area contributed by atoms with Gasteiger partial charge in [-0.1, -0.05) is 29.8 Å². The van der Waals surface area contributed by atoms with E-state index in [0.29, 0.717) is 25.3 Å². The average molecular weight is 498 g/mol. The Hall–Kier alpha value is -3.66. The van der Waals surface area contributed by atoms with Gasteiger partial charge in [-0.2, -0.15) is 0 Å². The van der Waals surface area contributed by atoms with E-state index in [0.717, 1.165) is 24.3 Å². The molecule has 182 valence electrons. The van der Waals surface area contributed by atoms with Crippen molar-refractivity contribution in [2.75, 3.05) is 38.7 Å². The minimum absolute atomic E-state index is 0.00643. The van der Waals surface area contributed by atoms with E-state index >= 15 is 0 Å². The number of amides is 1. The van der Waals surface area contributed by atoms with Crippen molar-refractivity contribution in [2.45, 2.75) is 6.54 Å². The summed E-state index contributed by atoms with van der Waals surface area (Å²) in [6, 6.07) is 16.4. The molecule has 9 nitrogen and oxygen atoms in total. The second-order valence-corrected chi connectivity index (χ2v) is 8.27. The molecule has 3 aromatic rings. The van der Waals surface area contributed by atoms with Crippen LogP contribution in [0, 0.1) is 10.1 Å². The van der Waals surface area contributed by atoms with Crippen LogP contribution >= 0.6 is 11.6 Å². The maximum atomic E-state index is 13.0. The lowest BCUT2D eigenvalue weighted by atomic mass is 10.1. The molecule has 0 aromatic heterocycles. The number of carbonyl (C=O) groups is 1. The van der Waals surface area contributed by atoms with Gasteiger partial charge >= 0.3 is 5.69 Å². The molecular weight excluding hydrogens is 474 g/mol. The molecule has 1 heterocycles. The predicted molar refractivity (Wildman–Crippen MR) is 132 cm³/mol. The summed E-state index contributed by atoms with van der Waals surface area (Å²) in [5.41, 5.74) is 1.80. The summed E-state index contributed by atoms with van der Waals surface area (Å²) >= 11 is 5.87. The van der Waals surface area contributed by atoms with Crippen molar-refractivity contribution in [3.63, 3.8) is 0 Å². The Labute approximate surface area is 207 Å². The van der Waals surface area contributed by atoms with E-state index < -0.39 is 4.92 Å². The molecule has 0 unspecified atom stereocenters. The van der Waals surface area contributed by atoms with Crippen LogP contribution < -0.4 is 14.8 Å². The summed E-state index contributed by atoms with van der Waals surface area (Å²) < 4.78 is 16.5. The molecule has 1 N–H and O–H groups in total. The van der Waals surface area contributed by atoms with Gasteiger partial charge in [0.15, 0.2) is 11.5 Å². The number of benzene rings is 3. The van der Waals surface area contributed by atoms with Gasteiger partial charge < -0.3 is 19.5 Å². The van der Waals surface area contributed by atoms with Gasteiger partial charge in [0.05, 0.1) is 25.2 Å². The van der Waals surface area contributed by atoms with E-state index in [1.807, 2.05) is 24.3 Å². The van der Waals surface area contributed by atoms with Crippen molar-refractivity contribution < 1.29 is 23.9 Å². The summed E-state index contributed by atoms with van der Waals surface area (Å²) in [7, 11) is 1.43. The number of carbonyl (C=O) groups excluding carboxylic acids is 1. The molecule has 10 heteroatoms. The molecule has 1 fully saturated rings. The second kappa shape index (κ2) is 11.2. The van der Waals surface area contributed by atoms with Crippen molar-refractivity contribution in [2.24, 2.45) is 0 Å². The van der Waals surface area contributed by atoms with Gasteiger partial charge in [0.2, 0.25) is 5.75 Å². The first-order valence-electron chi connectivity index (χ1n) is 10.9. The highest BCUT2D eigenvalue weighted by molar-refractivity contribution is 6.30. The Kier molecular flexibility index (Phi) is 7.81. The molecule has 1 amide bonds. The van der Waals surface area contributed by atoms with Crippen LogP contribution in [0.25, 0.3) is 0 Å². The van der Waals surface area contributed by atoms with Crippen molar-refractivity contribution in [1.29, 1.82) is 0 Å². The van der Waals surface area contributed by atoms with E-state index in [1.165, 1.54) is 37.4 Å². The van der Waals surface area contributed by atoms with Crippen molar-refractivity contribution >= 4 is 28.9 Å². The summed E-state index contributed by atoms with van der Waals surface area (Å²) in [5, 5.41) is 14.6. The van der Waals surface area contributed by atoms with E-state index in [1.54, 1.807) is 6.07 Å². The number of para-hydroxylation sites is 1. The van der Waals surface area contributed by atoms with E-state index in [-0.39, 0.29) is 33.9 Å². The van der Waals surface area contributed by atoms with E-state index in [9.17, 15) is 14.9 Å².